The molecule has 0 saturated carbocycles. The summed E-state index contributed by atoms with van der Waals surface area (Å²) in [5.74, 6) is -0.100. The van der Waals surface area contributed by atoms with Gasteiger partial charge < -0.3 is 0 Å². The monoisotopic (exact) mass is 369 g/mol. The molecule has 0 aliphatic carbocycles. The van der Waals surface area contributed by atoms with E-state index in [1.54, 1.807) is 11.3 Å². The summed E-state index contributed by atoms with van der Waals surface area (Å²) in [4.78, 5) is 17.7. The van der Waals surface area contributed by atoms with Gasteiger partial charge in [-0.2, -0.15) is 5.10 Å². The van der Waals surface area contributed by atoms with E-state index in [9.17, 15) is 4.79 Å². The van der Waals surface area contributed by atoms with Crippen LogP contribution in [-0.2, 0) is 4.79 Å². The minimum atomic E-state index is -0.222. The number of hydrogen-bond donors (Lipinski definition) is 0. The maximum Gasteiger partial charge on any atom is 0.240 e. The van der Waals surface area contributed by atoms with E-state index >= 15 is 0 Å². The lowest BCUT2D eigenvalue weighted by atomic mass is 10.0. The number of halogens is 1. The molecule has 0 N–H and O–H groups in total. The average molecular weight is 370 g/mol. The van der Waals surface area contributed by atoms with E-state index in [0.717, 1.165) is 32.6 Å². The molecular weight excluding hydrogens is 354 g/mol. The van der Waals surface area contributed by atoms with Crippen molar-refractivity contribution in [1.82, 2.24) is 9.99 Å². The van der Waals surface area contributed by atoms with Gasteiger partial charge in [0.1, 0.15) is 5.15 Å². The van der Waals surface area contributed by atoms with Gasteiger partial charge in [0, 0.05) is 24.3 Å². The molecule has 0 fully saturated rings. The van der Waals surface area contributed by atoms with Gasteiger partial charge in [0.05, 0.1) is 22.1 Å². The van der Waals surface area contributed by atoms with Crippen LogP contribution in [0.15, 0.2) is 46.9 Å². The van der Waals surface area contributed by atoms with Gasteiger partial charge >= 0.3 is 0 Å². The van der Waals surface area contributed by atoms with Crippen LogP contribution in [0.25, 0.3) is 10.9 Å². The number of amides is 1. The van der Waals surface area contributed by atoms with Crippen LogP contribution in [0.4, 0.5) is 0 Å². The van der Waals surface area contributed by atoms with Gasteiger partial charge in [0.25, 0.3) is 0 Å². The van der Waals surface area contributed by atoms with Gasteiger partial charge in [-0.25, -0.2) is 9.99 Å². The van der Waals surface area contributed by atoms with Gasteiger partial charge in [-0.15, -0.1) is 11.3 Å². The fraction of sp³-hybridized carbons (Fsp3) is 0.211. The molecule has 4 rings (SSSR count). The molecule has 0 radical (unpaired) electrons. The van der Waals surface area contributed by atoms with Crippen LogP contribution >= 0.6 is 22.9 Å². The van der Waals surface area contributed by atoms with E-state index in [0.29, 0.717) is 11.6 Å². The first-order chi connectivity index (χ1) is 12.0. The zero-order chi connectivity index (χ0) is 17.6. The molecule has 1 atom stereocenters. The minimum absolute atomic E-state index is 0.100. The van der Waals surface area contributed by atoms with Crippen LogP contribution in [0.2, 0.25) is 5.15 Å². The molecule has 0 saturated heterocycles. The van der Waals surface area contributed by atoms with Gasteiger partial charge in [-0.1, -0.05) is 29.8 Å². The van der Waals surface area contributed by atoms with Crippen LogP contribution < -0.4 is 0 Å². The molecule has 3 heterocycles. The summed E-state index contributed by atoms with van der Waals surface area (Å²) in [6.45, 7) is 3.55. The Morgan fingerprint density at radius 2 is 2.16 bits per heavy atom. The number of carbonyl (C=O) groups excluding carboxylic acids is 1. The fourth-order valence-electron chi connectivity index (χ4n) is 3.14. The van der Waals surface area contributed by atoms with Crippen molar-refractivity contribution in [2.45, 2.75) is 26.3 Å². The number of nitrogens with zero attached hydrogens (tertiary/aromatic N) is 3. The Kier molecular flexibility index (Phi) is 4.06. The van der Waals surface area contributed by atoms with Crippen LogP contribution in [0, 0.1) is 6.92 Å². The maximum absolute atomic E-state index is 12.1. The highest BCUT2D eigenvalue weighted by Gasteiger charge is 2.33. The molecule has 2 aromatic heterocycles. The molecule has 1 amide bonds. The Balaban J connectivity index is 1.78. The van der Waals surface area contributed by atoms with Crippen molar-refractivity contribution >= 4 is 45.5 Å². The van der Waals surface area contributed by atoms with Crippen molar-refractivity contribution in [1.29, 1.82) is 0 Å². The number of carbonyl (C=O) groups is 1. The van der Waals surface area contributed by atoms with Crippen LogP contribution in [0.5, 0.6) is 0 Å². The average Bonchev–Trinajstić information content (AvgIpc) is 3.23. The number of aromatic nitrogens is 1. The highest BCUT2D eigenvalue weighted by atomic mass is 35.5. The molecule has 25 heavy (non-hydrogen) atoms. The lowest BCUT2D eigenvalue weighted by Gasteiger charge is -2.21. The van der Waals surface area contributed by atoms with Gasteiger partial charge in [0.2, 0.25) is 5.91 Å². The SMILES string of the molecule is CC(=O)N1N=C(c2cccs2)C[C@@H]1c1cc2ccc(C)cc2nc1Cl. The zero-order valence-corrected chi connectivity index (χ0v) is 15.4. The van der Waals surface area contributed by atoms with Gasteiger partial charge in [-0.3, -0.25) is 4.79 Å². The van der Waals surface area contributed by atoms with Crippen molar-refractivity contribution in [2.24, 2.45) is 5.10 Å². The smallest absolute Gasteiger partial charge is 0.240 e. The molecule has 0 bridgehead atoms. The highest BCUT2D eigenvalue weighted by molar-refractivity contribution is 7.12. The summed E-state index contributed by atoms with van der Waals surface area (Å²) in [6.07, 6.45) is 0.638. The Morgan fingerprint density at radius 1 is 1.32 bits per heavy atom. The lowest BCUT2D eigenvalue weighted by Crippen LogP contribution is -2.24. The molecule has 0 spiro atoms. The van der Waals surface area contributed by atoms with Crippen molar-refractivity contribution in [3.63, 3.8) is 0 Å². The second-order valence-corrected chi connectivity index (χ2v) is 7.48. The van der Waals surface area contributed by atoms with E-state index in [1.807, 2.05) is 48.7 Å². The second-order valence-electron chi connectivity index (χ2n) is 6.17. The molecular formula is C19H16ClN3OS. The number of aryl methyl sites for hydroxylation is 1. The third-order valence-corrected chi connectivity index (χ3v) is 5.57. The Labute approximate surface area is 154 Å². The van der Waals surface area contributed by atoms with Crippen LogP contribution in [0.3, 0.4) is 0 Å². The third-order valence-electron chi connectivity index (χ3n) is 4.35. The lowest BCUT2D eigenvalue weighted by molar-refractivity contribution is -0.130. The highest BCUT2D eigenvalue weighted by Crippen LogP contribution is 2.37. The summed E-state index contributed by atoms with van der Waals surface area (Å²) in [5, 5.41) is 9.52. The quantitative estimate of drug-likeness (QED) is 0.599. The summed E-state index contributed by atoms with van der Waals surface area (Å²) in [5.41, 5.74) is 3.75. The fourth-order valence-corrected chi connectivity index (χ4v) is 4.13. The van der Waals surface area contributed by atoms with Crippen molar-refractivity contribution in [3.8, 4) is 0 Å². The Bertz CT molecular complexity index is 997. The predicted molar refractivity (Wildman–Crippen MR) is 102 cm³/mol. The van der Waals surface area contributed by atoms with Crippen LogP contribution in [0.1, 0.15) is 35.4 Å². The topological polar surface area (TPSA) is 45.6 Å². The number of rotatable bonds is 2. The Hall–Kier alpha value is -2.24. The first-order valence-corrected chi connectivity index (χ1v) is 9.26. The first kappa shape index (κ1) is 16.2. The zero-order valence-electron chi connectivity index (χ0n) is 13.9. The molecule has 3 aromatic rings. The number of pyridine rings is 1. The summed E-state index contributed by atoms with van der Waals surface area (Å²) < 4.78 is 0. The molecule has 4 nitrogen and oxygen atoms in total. The number of fused-ring (bicyclic) bond motifs is 1. The molecule has 126 valence electrons. The van der Waals surface area contributed by atoms with Crippen molar-refractivity contribution < 1.29 is 4.79 Å². The maximum atomic E-state index is 12.1. The van der Waals surface area contributed by atoms with E-state index < -0.39 is 0 Å². The minimum Gasteiger partial charge on any atom is -0.273 e. The molecule has 1 aromatic carbocycles. The first-order valence-electron chi connectivity index (χ1n) is 8.01. The largest absolute Gasteiger partial charge is 0.273 e. The summed E-state index contributed by atoms with van der Waals surface area (Å²) in [6, 6.07) is 11.9. The van der Waals surface area contributed by atoms with E-state index in [-0.39, 0.29) is 11.9 Å². The second kappa shape index (κ2) is 6.24. The van der Waals surface area contributed by atoms with E-state index in [2.05, 4.69) is 10.1 Å². The standard InChI is InChI=1S/C19H16ClN3OS/c1-11-5-6-13-9-14(19(20)21-15(13)8-11)17-10-16(18-4-3-7-25-18)22-23(17)12(2)24/h3-9,17H,10H2,1-2H3/t17-/m1/s1. The number of thiophene rings is 1. The van der Waals surface area contributed by atoms with Gasteiger partial charge in [0.15, 0.2) is 0 Å². The molecule has 6 heteroatoms. The van der Waals surface area contributed by atoms with E-state index in [1.165, 1.54) is 11.9 Å². The number of benzene rings is 1. The predicted octanol–water partition coefficient (Wildman–Crippen LogP) is 4.96. The Morgan fingerprint density at radius 3 is 2.88 bits per heavy atom. The summed E-state index contributed by atoms with van der Waals surface area (Å²) in [7, 11) is 0. The van der Waals surface area contributed by atoms with Crippen molar-refractivity contribution in [3.05, 3.63) is 62.9 Å². The van der Waals surface area contributed by atoms with Crippen LogP contribution in [-0.4, -0.2) is 21.6 Å². The number of hydrogen-bond acceptors (Lipinski definition) is 4. The molecule has 1 aliphatic rings. The number of hydrazone groups is 1. The third kappa shape index (κ3) is 2.94. The normalized spacial score (nSPS) is 17.2. The van der Waals surface area contributed by atoms with Crippen molar-refractivity contribution in [2.75, 3.05) is 0 Å². The summed E-state index contributed by atoms with van der Waals surface area (Å²) >= 11 is 8.10. The molecule has 1 aliphatic heterocycles. The van der Waals surface area contributed by atoms with E-state index in [4.69, 9.17) is 11.6 Å². The molecule has 0 unspecified atom stereocenters. The van der Waals surface area contributed by atoms with Gasteiger partial charge in [-0.05, 0) is 36.1 Å².